The zero-order valence-electron chi connectivity index (χ0n) is 11.1. The Morgan fingerprint density at radius 3 is 2.71 bits per heavy atom. The van der Waals surface area contributed by atoms with Gasteiger partial charge in [0, 0.05) is 36.6 Å². The average molecular weight is 257 g/mol. The smallest absolute Gasteiger partial charge is 0.0953 e. The highest BCUT2D eigenvalue weighted by Crippen LogP contribution is 2.20. The molecule has 1 unspecified atom stereocenters. The average Bonchev–Trinajstić information content (AvgIpc) is 2.65. The van der Waals surface area contributed by atoms with Crippen LogP contribution in [0.3, 0.4) is 0 Å². The van der Waals surface area contributed by atoms with Crippen molar-refractivity contribution < 1.29 is 5.11 Å². The quantitative estimate of drug-likeness (QED) is 0.772. The molecule has 17 heavy (non-hydrogen) atoms. The summed E-state index contributed by atoms with van der Waals surface area (Å²) in [5.41, 5.74) is 0. The van der Waals surface area contributed by atoms with Gasteiger partial charge in [0.15, 0.2) is 0 Å². The van der Waals surface area contributed by atoms with Gasteiger partial charge in [0.1, 0.15) is 0 Å². The third-order valence-electron chi connectivity index (χ3n) is 2.32. The van der Waals surface area contributed by atoms with Crippen molar-refractivity contribution in [3.05, 3.63) is 16.1 Å². The first kappa shape index (κ1) is 14.6. The summed E-state index contributed by atoms with van der Waals surface area (Å²) in [6.07, 6.45) is 1.60. The second-order valence-electron chi connectivity index (χ2n) is 4.87. The van der Waals surface area contributed by atoms with Gasteiger partial charge in [0.2, 0.25) is 0 Å². The predicted octanol–water partition coefficient (Wildman–Crippen LogP) is 1.28. The van der Waals surface area contributed by atoms with E-state index in [9.17, 15) is 5.11 Å². The largest absolute Gasteiger partial charge is 0.390 e. The molecule has 98 valence electrons. The van der Waals surface area contributed by atoms with Crippen LogP contribution in [0.1, 0.15) is 29.7 Å². The molecular formula is C12H23N3OS. The molecule has 0 fully saturated rings. The molecule has 0 spiro atoms. The molecule has 1 atom stereocenters. The number of hydrogen-bond acceptors (Lipinski definition) is 5. The van der Waals surface area contributed by atoms with E-state index in [2.05, 4.69) is 24.1 Å². The van der Waals surface area contributed by atoms with Gasteiger partial charge in [0.05, 0.1) is 11.1 Å². The molecular weight excluding hydrogens is 234 g/mol. The van der Waals surface area contributed by atoms with Crippen LogP contribution in [0.4, 0.5) is 0 Å². The van der Waals surface area contributed by atoms with Crippen molar-refractivity contribution in [1.29, 1.82) is 0 Å². The Labute approximate surface area is 108 Å². The Hall–Kier alpha value is -0.490. The molecule has 2 N–H and O–H groups in total. The molecule has 1 aromatic heterocycles. The van der Waals surface area contributed by atoms with Crippen molar-refractivity contribution in [3.63, 3.8) is 0 Å². The van der Waals surface area contributed by atoms with Crippen LogP contribution in [0.2, 0.25) is 0 Å². The van der Waals surface area contributed by atoms with Gasteiger partial charge in [-0.3, -0.25) is 0 Å². The number of thiazole rings is 1. The molecule has 4 nitrogen and oxygen atoms in total. The second kappa shape index (κ2) is 7.06. The summed E-state index contributed by atoms with van der Waals surface area (Å²) >= 11 is 1.74. The summed E-state index contributed by atoms with van der Waals surface area (Å²) in [5, 5.41) is 14.1. The summed E-state index contributed by atoms with van der Waals surface area (Å²) in [6.45, 7) is 6.39. The van der Waals surface area contributed by atoms with Gasteiger partial charge in [-0.15, -0.1) is 11.3 Å². The lowest BCUT2D eigenvalue weighted by Crippen LogP contribution is -2.34. The van der Waals surface area contributed by atoms with E-state index in [1.807, 2.05) is 25.2 Å². The zero-order valence-corrected chi connectivity index (χ0v) is 11.9. The number of nitrogens with one attached hydrogen (secondary N) is 1. The van der Waals surface area contributed by atoms with E-state index in [1.165, 1.54) is 9.88 Å². The molecule has 1 rings (SSSR count). The lowest BCUT2D eigenvalue weighted by Gasteiger charge is -2.15. The van der Waals surface area contributed by atoms with E-state index in [-0.39, 0.29) is 6.10 Å². The molecule has 0 aliphatic carbocycles. The number of likely N-dealkylation sites (N-methyl/N-ethyl adjacent to an activating group) is 1. The maximum absolute atomic E-state index is 9.67. The van der Waals surface area contributed by atoms with Gasteiger partial charge in [-0.2, -0.15) is 0 Å². The lowest BCUT2D eigenvalue weighted by atomic mass is 10.2. The van der Waals surface area contributed by atoms with Gasteiger partial charge in [-0.1, -0.05) is 13.8 Å². The fraction of sp³-hybridized carbons (Fsp3) is 0.750. The topological polar surface area (TPSA) is 48.4 Å². The Balaban J connectivity index is 2.26. The molecule has 5 heteroatoms. The second-order valence-corrected chi connectivity index (χ2v) is 6.01. The van der Waals surface area contributed by atoms with Gasteiger partial charge >= 0.3 is 0 Å². The molecule has 0 saturated heterocycles. The van der Waals surface area contributed by atoms with Gasteiger partial charge < -0.3 is 15.3 Å². The van der Waals surface area contributed by atoms with Gasteiger partial charge in [-0.05, 0) is 14.1 Å². The number of aromatic nitrogens is 1. The minimum absolute atomic E-state index is 0.317. The van der Waals surface area contributed by atoms with Crippen LogP contribution in [-0.4, -0.2) is 48.3 Å². The molecule has 0 amide bonds. The molecule has 0 aromatic carbocycles. The van der Waals surface area contributed by atoms with Crippen molar-refractivity contribution in [3.8, 4) is 0 Å². The molecule has 1 aromatic rings. The van der Waals surface area contributed by atoms with Crippen molar-refractivity contribution in [2.24, 2.45) is 0 Å². The van der Waals surface area contributed by atoms with Crippen LogP contribution in [0.15, 0.2) is 6.20 Å². The van der Waals surface area contributed by atoms with Crippen LogP contribution >= 0.6 is 11.3 Å². The van der Waals surface area contributed by atoms with Crippen LogP contribution in [0, 0.1) is 0 Å². The number of rotatable bonds is 7. The summed E-state index contributed by atoms with van der Waals surface area (Å²) in [4.78, 5) is 7.58. The Morgan fingerprint density at radius 1 is 1.47 bits per heavy atom. The van der Waals surface area contributed by atoms with E-state index < -0.39 is 0 Å². The Morgan fingerprint density at radius 2 is 2.18 bits per heavy atom. The summed E-state index contributed by atoms with van der Waals surface area (Å²) < 4.78 is 0. The maximum Gasteiger partial charge on any atom is 0.0953 e. The van der Waals surface area contributed by atoms with E-state index in [0.717, 1.165) is 6.54 Å². The molecule has 1 heterocycles. The van der Waals surface area contributed by atoms with Crippen molar-refractivity contribution in [1.82, 2.24) is 15.2 Å². The fourth-order valence-corrected chi connectivity index (χ4v) is 2.41. The number of hydrogen-bond donors (Lipinski definition) is 2. The lowest BCUT2D eigenvalue weighted by molar-refractivity contribution is 0.134. The predicted molar refractivity (Wildman–Crippen MR) is 72.5 cm³/mol. The zero-order chi connectivity index (χ0) is 12.8. The SMILES string of the molecule is CC(C)c1ncc(CNCC(O)CN(C)C)s1. The summed E-state index contributed by atoms with van der Waals surface area (Å²) in [7, 11) is 3.92. The van der Waals surface area contributed by atoms with E-state index in [0.29, 0.717) is 19.0 Å². The minimum atomic E-state index is -0.317. The summed E-state index contributed by atoms with van der Waals surface area (Å²) in [5.74, 6) is 0.494. The fourth-order valence-electron chi connectivity index (χ4n) is 1.52. The van der Waals surface area contributed by atoms with Crippen molar-refractivity contribution in [2.75, 3.05) is 27.2 Å². The first-order valence-electron chi connectivity index (χ1n) is 5.97. The summed E-state index contributed by atoms with van der Waals surface area (Å²) in [6, 6.07) is 0. The highest BCUT2D eigenvalue weighted by molar-refractivity contribution is 7.11. The van der Waals surface area contributed by atoms with Crippen LogP contribution in [0.25, 0.3) is 0 Å². The van der Waals surface area contributed by atoms with Gasteiger partial charge in [-0.25, -0.2) is 4.98 Å². The maximum atomic E-state index is 9.67. The van der Waals surface area contributed by atoms with Crippen LogP contribution in [0.5, 0.6) is 0 Å². The first-order chi connectivity index (χ1) is 7.99. The standard InChI is InChI=1S/C12H23N3OS/c1-9(2)12-14-7-11(17-12)6-13-5-10(16)8-15(3)4/h7,9-10,13,16H,5-6,8H2,1-4H3. The monoisotopic (exact) mass is 257 g/mol. The van der Waals surface area contributed by atoms with Crippen molar-refractivity contribution >= 4 is 11.3 Å². The molecule has 0 bridgehead atoms. The number of nitrogens with zero attached hydrogens (tertiary/aromatic N) is 2. The van der Waals surface area contributed by atoms with Crippen LogP contribution < -0.4 is 5.32 Å². The Kier molecular flexibility index (Phi) is 6.05. The Bertz CT molecular complexity index is 325. The molecule has 0 aliphatic rings. The number of aliphatic hydroxyl groups excluding tert-OH is 1. The van der Waals surface area contributed by atoms with E-state index in [1.54, 1.807) is 11.3 Å². The highest BCUT2D eigenvalue weighted by Gasteiger charge is 2.07. The molecule has 0 saturated carbocycles. The minimum Gasteiger partial charge on any atom is -0.390 e. The molecule has 0 radical (unpaired) electrons. The van der Waals surface area contributed by atoms with Gasteiger partial charge in [0.25, 0.3) is 0 Å². The van der Waals surface area contributed by atoms with Crippen molar-refractivity contribution in [2.45, 2.75) is 32.4 Å². The highest BCUT2D eigenvalue weighted by atomic mass is 32.1. The molecule has 0 aliphatic heterocycles. The van der Waals surface area contributed by atoms with E-state index >= 15 is 0 Å². The first-order valence-corrected chi connectivity index (χ1v) is 6.78. The van der Waals surface area contributed by atoms with Crippen LogP contribution in [-0.2, 0) is 6.54 Å². The third-order valence-corrected chi connectivity index (χ3v) is 3.62. The van der Waals surface area contributed by atoms with E-state index in [4.69, 9.17) is 0 Å². The normalized spacial score (nSPS) is 13.6. The third kappa shape index (κ3) is 5.59. The number of aliphatic hydroxyl groups is 1.